The number of benzene rings is 1. The number of carbonyl (C=O) groups excluding carboxylic acids is 1. The molecule has 1 aliphatic heterocycles. The van der Waals surface area contributed by atoms with Gasteiger partial charge in [0.05, 0.1) is 12.7 Å². The second kappa shape index (κ2) is 5.87. The van der Waals surface area contributed by atoms with Gasteiger partial charge >= 0.3 is 0 Å². The number of rotatable bonds is 2. The van der Waals surface area contributed by atoms with Crippen LogP contribution in [-0.2, 0) is 9.53 Å². The Bertz CT molecular complexity index is 408. The molecule has 2 aliphatic rings. The van der Waals surface area contributed by atoms with Crippen molar-refractivity contribution < 1.29 is 9.53 Å². The van der Waals surface area contributed by atoms with Crippen LogP contribution >= 0.6 is 0 Å². The van der Waals surface area contributed by atoms with E-state index in [9.17, 15) is 4.79 Å². The SMILES string of the molecule is O=C1CCC([C@H]2CC[C@H](c3ccccc3)CO2)CC1. The quantitative estimate of drug-likeness (QED) is 0.808. The summed E-state index contributed by atoms with van der Waals surface area (Å²) in [7, 11) is 0. The first-order chi connectivity index (χ1) is 9.33. The molecule has 1 saturated carbocycles. The van der Waals surface area contributed by atoms with Gasteiger partial charge in [0.25, 0.3) is 0 Å². The van der Waals surface area contributed by atoms with Crippen LogP contribution in [0.5, 0.6) is 0 Å². The van der Waals surface area contributed by atoms with Gasteiger partial charge in [0.15, 0.2) is 0 Å². The Balaban J connectivity index is 1.53. The average Bonchev–Trinajstić information content (AvgIpc) is 2.49. The predicted octanol–water partition coefficient (Wildman–Crippen LogP) is 3.71. The maximum absolute atomic E-state index is 11.3. The van der Waals surface area contributed by atoms with Crippen molar-refractivity contribution in [2.75, 3.05) is 6.61 Å². The van der Waals surface area contributed by atoms with Crippen LogP contribution in [0.4, 0.5) is 0 Å². The van der Waals surface area contributed by atoms with E-state index in [-0.39, 0.29) is 0 Å². The molecule has 1 heterocycles. The van der Waals surface area contributed by atoms with E-state index in [1.165, 1.54) is 12.0 Å². The fourth-order valence-electron chi connectivity index (χ4n) is 3.47. The summed E-state index contributed by atoms with van der Waals surface area (Å²) < 4.78 is 6.11. The Morgan fingerprint density at radius 3 is 2.32 bits per heavy atom. The highest BCUT2D eigenvalue weighted by atomic mass is 16.5. The van der Waals surface area contributed by atoms with Crippen LogP contribution in [0.2, 0.25) is 0 Å². The van der Waals surface area contributed by atoms with Crippen molar-refractivity contribution in [3.05, 3.63) is 35.9 Å². The van der Waals surface area contributed by atoms with E-state index in [2.05, 4.69) is 30.3 Å². The number of hydrogen-bond acceptors (Lipinski definition) is 2. The molecular weight excluding hydrogens is 236 g/mol. The van der Waals surface area contributed by atoms with Crippen molar-refractivity contribution in [1.82, 2.24) is 0 Å². The minimum absolute atomic E-state index is 0.396. The standard InChI is InChI=1S/C17H22O2/c18-16-9-6-14(7-10-16)17-11-8-15(12-19-17)13-4-2-1-3-5-13/h1-5,14-15,17H,6-12H2/t15-,17+/m0/s1. The van der Waals surface area contributed by atoms with Gasteiger partial charge in [0.1, 0.15) is 5.78 Å². The Morgan fingerprint density at radius 1 is 0.947 bits per heavy atom. The second-order valence-electron chi connectivity index (χ2n) is 5.93. The van der Waals surface area contributed by atoms with E-state index < -0.39 is 0 Å². The lowest BCUT2D eigenvalue weighted by atomic mass is 9.80. The first kappa shape index (κ1) is 12.9. The van der Waals surface area contributed by atoms with E-state index in [1.54, 1.807) is 0 Å². The molecule has 1 aliphatic carbocycles. The molecule has 1 saturated heterocycles. The molecule has 102 valence electrons. The molecule has 19 heavy (non-hydrogen) atoms. The summed E-state index contributed by atoms with van der Waals surface area (Å²) in [4.78, 5) is 11.3. The van der Waals surface area contributed by atoms with Gasteiger partial charge in [0.2, 0.25) is 0 Å². The molecule has 0 radical (unpaired) electrons. The fraction of sp³-hybridized carbons (Fsp3) is 0.588. The molecule has 3 rings (SSSR count). The van der Waals surface area contributed by atoms with Crippen molar-refractivity contribution in [3.63, 3.8) is 0 Å². The minimum atomic E-state index is 0.396. The number of ketones is 1. The Hall–Kier alpha value is -1.15. The van der Waals surface area contributed by atoms with Gasteiger partial charge < -0.3 is 4.74 Å². The normalized spacial score (nSPS) is 29.4. The minimum Gasteiger partial charge on any atom is -0.377 e. The van der Waals surface area contributed by atoms with Gasteiger partial charge in [-0.2, -0.15) is 0 Å². The lowest BCUT2D eigenvalue weighted by Crippen LogP contribution is -2.33. The van der Waals surface area contributed by atoms with Crippen LogP contribution in [-0.4, -0.2) is 18.5 Å². The van der Waals surface area contributed by atoms with Crippen molar-refractivity contribution in [2.45, 2.75) is 50.5 Å². The summed E-state index contributed by atoms with van der Waals surface area (Å²) in [5, 5.41) is 0. The van der Waals surface area contributed by atoms with Gasteiger partial charge in [-0.3, -0.25) is 4.79 Å². The van der Waals surface area contributed by atoms with Gasteiger partial charge in [-0.1, -0.05) is 30.3 Å². The summed E-state index contributed by atoms with van der Waals surface area (Å²) in [5.41, 5.74) is 1.40. The smallest absolute Gasteiger partial charge is 0.132 e. The molecule has 0 N–H and O–H groups in total. The van der Waals surface area contributed by atoms with Gasteiger partial charge in [-0.15, -0.1) is 0 Å². The third kappa shape index (κ3) is 3.06. The van der Waals surface area contributed by atoms with E-state index in [0.717, 1.165) is 38.7 Å². The van der Waals surface area contributed by atoms with Crippen LogP contribution in [0.3, 0.4) is 0 Å². The number of carbonyl (C=O) groups is 1. The average molecular weight is 258 g/mol. The van der Waals surface area contributed by atoms with E-state index in [0.29, 0.717) is 23.7 Å². The van der Waals surface area contributed by atoms with Crippen molar-refractivity contribution in [3.8, 4) is 0 Å². The van der Waals surface area contributed by atoms with Crippen LogP contribution in [0, 0.1) is 5.92 Å². The molecule has 0 bridgehead atoms. The van der Waals surface area contributed by atoms with Crippen molar-refractivity contribution in [2.24, 2.45) is 5.92 Å². The predicted molar refractivity (Wildman–Crippen MR) is 75.1 cm³/mol. The number of ether oxygens (including phenoxy) is 1. The molecule has 2 atom stereocenters. The zero-order chi connectivity index (χ0) is 13.1. The molecule has 0 unspecified atom stereocenters. The van der Waals surface area contributed by atoms with Gasteiger partial charge in [-0.05, 0) is 37.2 Å². The summed E-state index contributed by atoms with van der Waals surface area (Å²) in [6, 6.07) is 10.7. The zero-order valence-corrected chi connectivity index (χ0v) is 11.4. The van der Waals surface area contributed by atoms with Crippen LogP contribution in [0.15, 0.2) is 30.3 Å². The summed E-state index contributed by atoms with van der Waals surface area (Å²) in [6.07, 6.45) is 6.39. The van der Waals surface area contributed by atoms with Gasteiger partial charge in [-0.25, -0.2) is 0 Å². The molecule has 2 heteroatoms. The van der Waals surface area contributed by atoms with E-state index >= 15 is 0 Å². The largest absolute Gasteiger partial charge is 0.377 e. The third-order valence-corrected chi connectivity index (χ3v) is 4.70. The monoisotopic (exact) mass is 258 g/mol. The van der Waals surface area contributed by atoms with E-state index in [1.807, 2.05) is 0 Å². The Labute approximate surface area is 115 Å². The zero-order valence-electron chi connectivity index (χ0n) is 11.4. The van der Waals surface area contributed by atoms with Crippen molar-refractivity contribution >= 4 is 5.78 Å². The highest BCUT2D eigenvalue weighted by Crippen LogP contribution is 2.35. The summed E-state index contributed by atoms with van der Waals surface area (Å²) in [5.74, 6) is 1.62. The fourth-order valence-corrected chi connectivity index (χ4v) is 3.47. The topological polar surface area (TPSA) is 26.3 Å². The van der Waals surface area contributed by atoms with E-state index in [4.69, 9.17) is 4.74 Å². The molecule has 0 amide bonds. The van der Waals surface area contributed by atoms with Crippen LogP contribution in [0.25, 0.3) is 0 Å². The summed E-state index contributed by atoms with van der Waals surface area (Å²) >= 11 is 0. The molecule has 2 nitrogen and oxygen atoms in total. The lowest BCUT2D eigenvalue weighted by molar-refractivity contribution is -0.122. The number of hydrogen-bond donors (Lipinski definition) is 0. The Morgan fingerprint density at radius 2 is 1.68 bits per heavy atom. The molecular formula is C17H22O2. The van der Waals surface area contributed by atoms with Crippen molar-refractivity contribution in [1.29, 1.82) is 0 Å². The molecule has 2 fully saturated rings. The summed E-state index contributed by atoms with van der Waals surface area (Å²) in [6.45, 7) is 0.846. The maximum Gasteiger partial charge on any atom is 0.132 e. The van der Waals surface area contributed by atoms with Gasteiger partial charge in [0, 0.05) is 18.8 Å². The lowest BCUT2D eigenvalue weighted by Gasteiger charge is -2.35. The first-order valence-electron chi connectivity index (χ1n) is 7.51. The number of Topliss-reactive ketones (excluding diaryl/α,β-unsaturated/α-hetero) is 1. The van der Waals surface area contributed by atoms with Crippen LogP contribution < -0.4 is 0 Å². The molecule has 0 aromatic heterocycles. The molecule has 1 aromatic rings. The van der Waals surface area contributed by atoms with Crippen LogP contribution in [0.1, 0.15) is 50.0 Å². The molecule has 0 spiro atoms. The molecule has 1 aromatic carbocycles. The third-order valence-electron chi connectivity index (χ3n) is 4.70. The highest BCUT2D eigenvalue weighted by Gasteiger charge is 2.31. The highest BCUT2D eigenvalue weighted by molar-refractivity contribution is 5.79. The first-order valence-corrected chi connectivity index (χ1v) is 7.51. The maximum atomic E-state index is 11.3. The Kier molecular flexibility index (Phi) is 3.97. The second-order valence-corrected chi connectivity index (χ2v) is 5.93.